The lowest BCUT2D eigenvalue weighted by molar-refractivity contribution is -0.717. The lowest BCUT2D eigenvalue weighted by Crippen LogP contribution is -2.42. The van der Waals surface area contributed by atoms with Crippen molar-refractivity contribution in [1.82, 2.24) is 0 Å². The highest BCUT2D eigenvalue weighted by Crippen LogP contribution is 2.62. The molecule has 0 saturated carbocycles. The lowest BCUT2D eigenvalue weighted by Gasteiger charge is -2.23. The molecule has 19 aromatic rings. The number of aromatic nitrogens is 4. The molecule has 0 unspecified atom stereocenters. The van der Waals surface area contributed by atoms with Gasteiger partial charge in [0.2, 0.25) is 33.8 Å². The third kappa shape index (κ3) is 9.49. The number of hydrogen-bond acceptors (Lipinski definition) is 4. The van der Waals surface area contributed by atoms with E-state index in [2.05, 4.69) is 353 Å². The smallest absolute Gasteiger partial charge is 0.293 e. The van der Waals surface area contributed by atoms with Gasteiger partial charge in [-0.05, 0) is 169 Å². The number of ether oxygens (including phenoxy) is 4. The normalized spacial score (nSPS) is 15.2. The maximum absolute atomic E-state index is 6.35. The van der Waals surface area contributed by atoms with Crippen molar-refractivity contribution in [2.75, 3.05) is 0 Å². The van der Waals surface area contributed by atoms with Crippen molar-refractivity contribution in [3.05, 3.63) is 324 Å². The van der Waals surface area contributed by atoms with Gasteiger partial charge in [0.15, 0.2) is 12.4 Å². The maximum Gasteiger partial charge on any atom is 0.293 e. The average molecular weight is 1510 g/mol. The molecule has 0 atom stereocenters. The molecule has 0 N–H and O–H groups in total. The largest absolute Gasteiger partial charge is 0.435 e. The number of fused-ring (bicyclic) bond motifs is 22. The van der Waals surface area contributed by atoms with Crippen molar-refractivity contribution in [1.29, 1.82) is 0 Å². The minimum absolute atomic E-state index is 0. The van der Waals surface area contributed by atoms with E-state index in [1.165, 1.54) is 208 Å². The Labute approximate surface area is 677 Å². The molecule has 566 valence electrons. The number of hydrogen-bond donors (Lipinski definition) is 0. The van der Waals surface area contributed by atoms with Gasteiger partial charge in [-0.1, -0.05) is 273 Å². The second kappa shape index (κ2) is 25.2. The molecular weight excluding hydrogens is 1420 g/mol. The summed E-state index contributed by atoms with van der Waals surface area (Å²) in [6, 6.07) is 97.0. The Morgan fingerprint density at radius 1 is 0.241 bits per heavy atom. The second-order valence-electron chi connectivity index (χ2n) is 34.1. The first-order valence-electron chi connectivity index (χ1n) is 39.5. The fourth-order valence-electron chi connectivity index (χ4n) is 21.8. The fraction of sp³-hybridized carbons (Fsp3) is 0.185. The van der Waals surface area contributed by atoms with Gasteiger partial charge in [-0.15, -0.1) is 0 Å². The molecule has 116 heavy (non-hydrogen) atoms. The minimum atomic E-state index is -0.112. The summed E-state index contributed by atoms with van der Waals surface area (Å²) >= 11 is 0. The molecular formula is C108H94N4O4+4. The Bertz CT molecular complexity index is 7340. The van der Waals surface area contributed by atoms with Crippen molar-refractivity contribution < 1.29 is 37.2 Å². The summed E-state index contributed by atoms with van der Waals surface area (Å²) in [5.74, 6) is 4.08. The van der Waals surface area contributed by atoms with Crippen LogP contribution in [0.5, 0.6) is 23.0 Å². The highest BCUT2D eigenvalue weighted by atomic mass is 16.5. The average Bonchev–Trinajstić information content (AvgIpc) is 1.52. The zero-order valence-corrected chi connectivity index (χ0v) is 63.8. The molecule has 15 aromatic carbocycles. The van der Waals surface area contributed by atoms with Crippen molar-refractivity contribution in [3.8, 4) is 68.0 Å². The first-order valence-corrected chi connectivity index (χ1v) is 39.5. The number of benzene rings is 15. The van der Waals surface area contributed by atoms with Gasteiger partial charge in [-0.2, -0.15) is 18.3 Å². The number of pyridine rings is 4. The number of para-hydroxylation sites is 2. The summed E-state index contributed by atoms with van der Waals surface area (Å²) in [5.41, 5.74) is 23.8. The molecule has 8 aliphatic rings. The molecule has 0 amide bonds. The van der Waals surface area contributed by atoms with E-state index in [0.29, 0.717) is 26.9 Å². The molecule has 0 fully saturated rings. The minimum Gasteiger partial charge on any atom is -0.435 e. The molecule has 0 spiro atoms. The van der Waals surface area contributed by atoms with Crippen molar-refractivity contribution >= 4 is 119 Å². The standard InChI is InChI=1S/3C27H20NO.C23H18NO.4CH4/c2*1-27(2)20-13-17-8-4-6-10-21(17)28-15-29-22-14-18-12-11-16-7-3-5-9-19(16)23(18)25(27)24(22)26(20)28;1-27(2)24-20-10-6-4-8-17(20)13-21-23(24)26-25(27)22-18(14-28(26)15-29-21)12-11-16-7-3-5-9-19(16)22;1-23(2)17-8-5-11-24-13-25-18-12-15-10-9-14-6-3-4-7-16(14)19(15)21(23)20(18)22(17)24;;;;/h3*3-14H,15H2,1-2H3;3-12H,13H2,1-2H3;4*1H4/q4*+1;;;;. The molecule has 4 aliphatic carbocycles. The Balaban J connectivity index is 0.0000000988. The van der Waals surface area contributed by atoms with E-state index in [1.54, 1.807) is 0 Å². The summed E-state index contributed by atoms with van der Waals surface area (Å²) in [6.07, 6.45) is 4.39. The van der Waals surface area contributed by atoms with Crippen molar-refractivity contribution in [2.24, 2.45) is 0 Å². The Morgan fingerprint density at radius 3 is 1.02 bits per heavy atom. The van der Waals surface area contributed by atoms with Crippen LogP contribution in [-0.2, 0) is 48.6 Å². The molecule has 8 heterocycles. The summed E-state index contributed by atoms with van der Waals surface area (Å²) < 4.78 is 34.4. The van der Waals surface area contributed by atoms with Crippen LogP contribution in [0.4, 0.5) is 0 Å². The van der Waals surface area contributed by atoms with Crippen LogP contribution in [0.2, 0.25) is 0 Å². The van der Waals surface area contributed by atoms with E-state index in [-0.39, 0.29) is 51.4 Å². The predicted octanol–water partition coefficient (Wildman–Crippen LogP) is 25.8. The third-order valence-corrected chi connectivity index (χ3v) is 26.7. The van der Waals surface area contributed by atoms with E-state index in [0.717, 1.165) is 23.0 Å². The van der Waals surface area contributed by atoms with Crippen LogP contribution in [0.3, 0.4) is 0 Å². The van der Waals surface area contributed by atoms with Crippen LogP contribution in [-0.4, -0.2) is 0 Å². The second-order valence-corrected chi connectivity index (χ2v) is 34.1. The molecule has 8 nitrogen and oxygen atoms in total. The van der Waals surface area contributed by atoms with Crippen LogP contribution in [0.25, 0.3) is 164 Å². The highest BCUT2D eigenvalue weighted by molar-refractivity contribution is 6.18. The predicted molar refractivity (Wildman–Crippen MR) is 479 cm³/mol. The number of rotatable bonds is 0. The van der Waals surface area contributed by atoms with E-state index in [9.17, 15) is 0 Å². The molecule has 8 heteroatoms. The topological polar surface area (TPSA) is 52.4 Å². The summed E-state index contributed by atoms with van der Waals surface area (Å²) in [6.45, 7) is 21.2. The SMILES string of the molecule is C.C.C.C.CC1(C)c2c3c(cc4ccccc24)OC[n+]2cc4ccc5ccccc5c4c1c2-3.CC1(C)c2cc3ccccc3[n+]3c2-c2c(cc4ccc5ccccc5c4c21)OC3.CC1(C)c2cc3ccccc3[n+]3c2-c2c(cc4ccc5ccccc5c4c21)OC3.CC1(C)c2ccc[n+]3c2-c2c(cc4ccc5ccccc5c4c21)OC3. The van der Waals surface area contributed by atoms with E-state index >= 15 is 0 Å². The quantitative estimate of drug-likeness (QED) is 0.112. The van der Waals surface area contributed by atoms with Gasteiger partial charge < -0.3 is 18.9 Å². The molecule has 27 rings (SSSR count). The van der Waals surface area contributed by atoms with Crippen LogP contribution >= 0.6 is 0 Å². The Morgan fingerprint density at radius 2 is 0.569 bits per heavy atom. The lowest BCUT2D eigenvalue weighted by atomic mass is 9.78. The Kier molecular flexibility index (Phi) is 15.7. The van der Waals surface area contributed by atoms with Gasteiger partial charge in [0, 0.05) is 83.7 Å². The maximum atomic E-state index is 6.35. The van der Waals surface area contributed by atoms with Gasteiger partial charge in [0.05, 0.1) is 22.3 Å². The van der Waals surface area contributed by atoms with E-state index in [4.69, 9.17) is 18.9 Å². The summed E-state index contributed by atoms with van der Waals surface area (Å²) in [4.78, 5) is 0. The summed E-state index contributed by atoms with van der Waals surface area (Å²) in [7, 11) is 0. The van der Waals surface area contributed by atoms with Crippen molar-refractivity contribution in [2.45, 2.75) is 134 Å². The zero-order valence-electron chi connectivity index (χ0n) is 63.8. The van der Waals surface area contributed by atoms with Crippen LogP contribution in [0.15, 0.2) is 279 Å². The fourth-order valence-corrected chi connectivity index (χ4v) is 21.8. The van der Waals surface area contributed by atoms with E-state index in [1.807, 2.05) is 0 Å². The van der Waals surface area contributed by atoms with Gasteiger partial charge in [-0.3, -0.25) is 0 Å². The van der Waals surface area contributed by atoms with Crippen LogP contribution < -0.4 is 37.2 Å². The highest BCUT2D eigenvalue weighted by Gasteiger charge is 2.52. The first-order chi connectivity index (χ1) is 54.6. The van der Waals surface area contributed by atoms with Crippen LogP contribution in [0, 0.1) is 0 Å². The molecule has 0 saturated heterocycles. The molecule has 4 aliphatic heterocycles. The molecule has 4 aromatic heterocycles. The summed E-state index contributed by atoms with van der Waals surface area (Å²) in [5, 5.41) is 26.2. The van der Waals surface area contributed by atoms with E-state index < -0.39 is 0 Å². The third-order valence-electron chi connectivity index (χ3n) is 26.7. The molecule has 0 bridgehead atoms. The van der Waals surface area contributed by atoms with Crippen LogP contribution in [0.1, 0.15) is 130 Å². The number of nitrogens with zero attached hydrogens (tertiary/aromatic N) is 4. The monoisotopic (exact) mass is 1510 g/mol. The van der Waals surface area contributed by atoms with Gasteiger partial charge in [0.1, 0.15) is 23.0 Å². The first kappa shape index (κ1) is 72.0. The van der Waals surface area contributed by atoms with Gasteiger partial charge >= 0.3 is 0 Å². The zero-order chi connectivity index (χ0) is 74.7. The Hall–Kier alpha value is -13.0. The molecule has 0 radical (unpaired) electrons. The van der Waals surface area contributed by atoms with Gasteiger partial charge in [0.25, 0.3) is 26.9 Å². The van der Waals surface area contributed by atoms with Crippen molar-refractivity contribution in [3.63, 3.8) is 0 Å². The van der Waals surface area contributed by atoms with Gasteiger partial charge in [-0.25, -0.2) is 0 Å².